The van der Waals surface area contributed by atoms with Gasteiger partial charge in [-0.2, -0.15) is 0 Å². The van der Waals surface area contributed by atoms with E-state index in [0.29, 0.717) is 12.8 Å². The van der Waals surface area contributed by atoms with Crippen LogP contribution in [0, 0.1) is 10.1 Å². The lowest BCUT2D eigenvalue weighted by atomic mass is 9.98. The average molecular weight is 315 g/mol. The van der Waals surface area contributed by atoms with Crippen LogP contribution < -0.4 is 10.1 Å². The van der Waals surface area contributed by atoms with Crippen LogP contribution in [-0.2, 0) is 4.79 Å². The van der Waals surface area contributed by atoms with Crippen LogP contribution >= 0.6 is 11.6 Å². The van der Waals surface area contributed by atoms with Gasteiger partial charge in [0.25, 0.3) is 0 Å². The van der Waals surface area contributed by atoms with Gasteiger partial charge in [-0.3, -0.25) is 14.9 Å². The second-order valence-electron chi connectivity index (χ2n) is 4.97. The fourth-order valence-corrected chi connectivity index (χ4v) is 2.77. The van der Waals surface area contributed by atoms with Crippen molar-refractivity contribution in [2.24, 2.45) is 0 Å². The first-order valence-electron chi connectivity index (χ1n) is 6.41. The van der Waals surface area contributed by atoms with Crippen LogP contribution in [0.4, 0.5) is 5.69 Å². The first-order chi connectivity index (χ1) is 9.89. The van der Waals surface area contributed by atoms with Crippen LogP contribution in [0.15, 0.2) is 18.2 Å². The number of carbonyl (C=O) groups is 1. The number of ether oxygens (including phenoxy) is 1. The predicted octanol–water partition coefficient (Wildman–Crippen LogP) is 2.22. The Morgan fingerprint density at radius 2 is 2.33 bits per heavy atom. The van der Waals surface area contributed by atoms with Crippen molar-refractivity contribution in [1.29, 1.82) is 0 Å². The van der Waals surface area contributed by atoms with Crippen molar-refractivity contribution in [3.8, 4) is 5.75 Å². The van der Waals surface area contributed by atoms with E-state index in [4.69, 9.17) is 16.3 Å². The Bertz CT molecular complexity index is 580. The largest absolute Gasteiger partial charge is 0.482 e. The summed E-state index contributed by atoms with van der Waals surface area (Å²) in [6.45, 7) is 0. The summed E-state index contributed by atoms with van der Waals surface area (Å²) in [4.78, 5) is 21.8. The molecule has 114 valence electrons. The zero-order chi connectivity index (χ0) is 15.6. The number of nitrogens with one attached hydrogen (secondary N) is 1. The zero-order valence-corrected chi connectivity index (χ0v) is 12.1. The Morgan fingerprint density at radius 1 is 1.62 bits per heavy atom. The minimum absolute atomic E-state index is 0.00791. The summed E-state index contributed by atoms with van der Waals surface area (Å²) >= 11 is 5.96. The fourth-order valence-electron chi connectivity index (χ4n) is 2.55. The monoisotopic (exact) mass is 314 g/mol. The molecule has 1 aliphatic rings. The van der Waals surface area contributed by atoms with Gasteiger partial charge < -0.3 is 15.2 Å². The first kappa shape index (κ1) is 15.5. The number of rotatable bonds is 5. The molecule has 0 spiro atoms. The summed E-state index contributed by atoms with van der Waals surface area (Å²) < 4.78 is 5.63. The number of carboxylic acid groups (broad SMARTS) is 1. The van der Waals surface area contributed by atoms with Crippen LogP contribution in [0.5, 0.6) is 5.75 Å². The second-order valence-corrected chi connectivity index (χ2v) is 5.37. The summed E-state index contributed by atoms with van der Waals surface area (Å²) in [6.07, 6.45) is 0.658. The Kier molecular flexibility index (Phi) is 4.34. The fraction of sp³-hybridized carbons (Fsp3) is 0.462. The van der Waals surface area contributed by atoms with Crippen molar-refractivity contribution in [3.63, 3.8) is 0 Å². The Hall–Kier alpha value is -1.86. The van der Waals surface area contributed by atoms with Gasteiger partial charge in [0, 0.05) is 12.5 Å². The molecule has 1 saturated carbocycles. The van der Waals surface area contributed by atoms with Gasteiger partial charge in [0.1, 0.15) is 11.6 Å². The van der Waals surface area contributed by atoms with Crippen LogP contribution in [0.1, 0.15) is 19.3 Å². The molecule has 0 amide bonds. The molecule has 8 heteroatoms. The molecule has 2 N–H and O–H groups in total. The van der Waals surface area contributed by atoms with Gasteiger partial charge in [-0.05, 0) is 26.0 Å². The average Bonchev–Trinajstić information content (AvgIpc) is 2.85. The van der Waals surface area contributed by atoms with Crippen molar-refractivity contribution in [2.45, 2.75) is 30.9 Å². The molecule has 2 rings (SSSR count). The number of carboxylic acids is 1. The lowest BCUT2D eigenvalue weighted by Gasteiger charge is -2.23. The summed E-state index contributed by atoms with van der Waals surface area (Å²) in [6, 6.07) is 4.27. The minimum Gasteiger partial charge on any atom is -0.482 e. The third-order valence-electron chi connectivity index (χ3n) is 3.78. The van der Waals surface area contributed by atoms with Crippen molar-refractivity contribution in [2.75, 3.05) is 7.05 Å². The number of nitrogens with zero attached hydrogens (tertiary/aromatic N) is 1. The number of aliphatic carboxylic acids is 1. The van der Waals surface area contributed by atoms with Gasteiger partial charge in [-0.25, -0.2) is 0 Å². The lowest BCUT2D eigenvalue weighted by Crippen LogP contribution is -2.48. The maximum Gasteiger partial charge on any atom is 0.324 e. The number of hydrogen-bond donors (Lipinski definition) is 2. The molecule has 21 heavy (non-hydrogen) atoms. The first-order valence-corrected chi connectivity index (χ1v) is 6.79. The highest BCUT2D eigenvalue weighted by atomic mass is 35.5. The Labute approximate surface area is 126 Å². The number of nitro benzene ring substituents is 1. The molecule has 0 bridgehead atoms. The van der Waals surface area contributed by atoms with E-state index in [1.54, 1.807) is 7.05 Å². The maximum atomic E-state index is 11.3. The minimum atomic E-state index is -1.05. The summed E-state index contributed by atoms with van der Waals surface area (Å²) in [5.74, 6) is -0.962. The van der Waals surface area contributed by atoms with Crippen molar-refractivity contribution < 1.29 is 19.6 Å². The molecule has 1 aliphatic carbocycles. The van der Waals surface area contributed by atoms with Gasteiger partial charge in [-0.1, -0.05) is 17.7 Å². The van der Waals surface area contributed by atoms with E-state index < -0.39 is 22.5 Å². The van der Waals surface area contributed by atoms with E-state index in [2.05, 4.69) is 5.32 Å². The number of hydrogen-bond acceptors (Lipinski definition) is 5. The van der Waals surface area contributed by atoms with Gasteiger partial charge >= 0.3 is 11.7 Å². The van der Waals surface area contributed by atoms with Gasteiger partial charge in [0.2, 0.25) is 5.75 Å². The van der Waals surface area contributed by atoms with Crippen LogP contribution in [-0.4, -0.2) is 34.7 Å². The smallest absolute Gasteiger partial charge is 0.324 e. The molecule has 0 aromatic heterocycles. The van der Waals surface area contributed by atoms with Gasteiger partial charge in [0.15, 0.2) is 0 Å². The number of nitro groups is 1. The molecule has 7 nitrogen and oxygen atoms in total. The highest BCUT2D eigenvalue weighted by Gasteiger charge is 2.45. The number of likely N-dealkylation sites (N-methyl/N-ethyl adjacent to an activating group) is 1. The quantitative estimate of drug-likeness (QED) is 0.638. The summed E-state index contributed by atoms with van der Waals surface area (Å²) in [5.41, 5.74) is -1.28. The SMILES string of the molecule is CNC1(C(=O)O)CCC(Oc2c(Cl)cccc2[N+](=O)[O-])C1. The molecule has 2 atom stereocenters. The van der Waals surface area contributed by atoms with Crippen molar-refractivity contribution in [3.05, 3.63) is 33.3 Å². The highest BCUT2D eigenvalue weighted by molar-refractivity contribution is 6.32. The van der Waals surface area contributed by atoms with Crippen LogP contribution in [0.3, 0.4) is 0 Å². The van der Waals surface area contributed by atoms with Crippen molar-refractivity contribution in [1.82, 2.24) is 5.32 Å². The molecule has 0 heterocycles. The standard InChI is InChI=1S/C13H15ClN2O5/c1-15-13(12(17)18)6-5-8(7-13)21-11-9(14)3-2-4-10(11)16(19)20/h2-4,8,15H,5-7H2,1H3,(H,17,18). The Morgan fingerprint density at radius 3 is 2.86 bits per heavy atom. The van der Waals surface area contributed by atoms with Gasteiger partial charge in [-0.15, -0.1) is 0 Å². The molecule has 0 saturated heterocycles. The maximum absolute atomic E-state index is 11.3. The molecule has 2 unspecified atom stereocenters. The molecule has 1 fully saturated rings. The normalized spacial score (nSPS) is 24.8. The number of halogens is 1. The van der Waals surface area contributed by atoms with Crippen LogP contribution in [0.25, 0.3) is 0 Å². The third-order valence-corrected chi connectivity index (χ3v) is 4.08. The van der Waals surface area contributed by atoms with E-state index in [-0.39, 0.29) is 22.9 Å². The second kappa shape index (κ2) is 5.87. The lowest BCUT2D eigenvalue weighted by molar-refractivity contribution is -0.386. The predicted molar refractivity (Wildman–Crippen MR) is 75.8 cm³/mol. The van der Waals surface area contributed by atoms with E-state index in [9.17, 15) is 20.0 Å². The van der Waals surface area contributed by atoms with Crippen LogP contribution in [0.2, 0.25) is 5.02 Å². The molecular weight excluding hydrogens is 300 g/mol. The molecule has 1 aromatic rings. The Balaban J connectivity index is 2.21. The number of para-hydroxylation sites is 1. The topological polar surface area (TPSA) is 102 Å². The molecule has 0 radical (unpaired) electrons. The molecule has 1 aromatic carbocycles. The summed E-state index contributed by atoms with van der Waals surface area (Å²) in [5, 5.41) is 23.2. The highest BCUT2D eigenvalue weighted by Crippen LogP contribution is 2.39. The molecule has 0 aliphatic heterocycles. The van der Waals surface area contributed by atoms with E-state index >= 15 is 0 Å². The molecular formula is C13H15ClN2O5. The van der Waals surface area contributed by atoms with E-state index in [0.717, 1.165) is 0 Å². The number of benzene rings is 1. The summed E-state index contributed by atoms with van der Waals surface area (Å²) in [7, 11) is 1.58. The zero-order valence-electron chi connectivity index (χ0n) is 11.3. The third kappa shape index (κ3) is 2.93. The van der Waals surface area contributed by atoms with E-state index in [1.807, 2.05) is 0 Å². The van der Waals surface area contributed by atoms with Crippen molar-refractivity contribution >= 4 is 23.3 Å². The van der Waals surface area contributed by atoms with Gasteiger partial charge in [0.05, 0.1) is 9.95 Å². The van der Waals surface area contributed by atoms with E-state index in [1.165, 1.54) is 18.2 Å².